The Morgan fingerprint density at radius 1 is 1.26 bits per heavy atom. The summed E-state index contributed by atoms with van der Waals surface area (Å²) in [4.78, 5) is 25.9. The van der Waals surface area contributed by atoms with Crippen LogP contribution in [0.5, 0.6) is 0 Å². The van der Waals surface area contributed by atoms with Crippen LogP contribution in [-0.4, -0.2) is 60.0 Å². The molecule has 0 radical (unpaired) electrons. The molecule has 126 valence electrons. The summed E-state index contributed by atoms with van der Waals surface area (Å²) in [6.45, 7) is 5.76. The number of aromatic nitrogens is 2. The number of piperidine rings is 2. The SMILES string of the molecule is Cc1ccnc(N2CCCC(C(=O)NC3CCN(C)CC3)C2)n1. The molecule has 1 aromatic rings. The van der Waals surface area contributed by atoms with E-state index in [0.717, 1.165) is 63.5 Å². The number of aryl methyl sites for hydroxylation is 1. The van der Waals surface area contributed by atoms with Crippen LogP contribution in [0.1, 0.15) is 31.4 Å². The molecule has 1 atom stereocenters. The summed E-state index contributed by atoms with van der Waals surface area (Å²) in [5, 5.41) is 3.26. The number of anilines is 1. The first-order chi connectivity index (χ1) is 11.1. The largest absolute Gasteiger partial charge is 0.353 e. The van der Waals surface area contributed by atoms with Gasteiger partial charge in [0.1, 0.15) is 0 Å². The first kappa shape index (κ1) is 16.2. The van der Waals surface area contributed by atoms with Crippen molar-refractivity contribution in [2.24, 2.45) is 5.92 Å². The Morgan fingerprint density at radius 3 is 2.78 bits per heavy atom. The third-order valence-corrected chi connectivity index (χ3v) is 4.92. The van der Waals surface area contributed by atoms with E-state index in [-0.39, 0.29) is 11.8 Å². The van der Waals surface area contributed by atoms with Gasteiger partial charge in [0.25, 0.3) is 0 Å². The highest BCUT2D eigenvalue weighted by Crippen LogP contribution is 2.21. The molecule has 0 bridgehead atoms. The number of carbonyl (C=O) groups is 1. The molecule has 0 aliphatic carbocycles. The lowest BCUT2D eigenvalue weighted by molar-refractivity contribution is -0.126. The number of amides is 1. The second-order valence-electron chi connectivity index (χ2n) is 6.87. The standard InChI is InChI=1S/C17H27N5O/c1-13-5-8-18-17(19-13)22-9-3-4-14(12-22)16(23)20-15-6-10-21(2)11-7-15/h5,8,14-15H,3-4,6-7,9-12H2,1-2H3,(H,20,23). The van der Waals surface area contributed by atoms with Crippen LogP contribution in [0, 0.1) is 12.8 Å². The monoisotopic (exact) mass is 317 g/mol. The van der Waals surface area contributed by atoms with Gasteiger partial charge in [-0.25, -0.2) is 9.97 Å². The van der Waals surface area contributed by atoms with E-state index in [4.69, 9.17) is 0 Å². The van der Waals surface area contributed by atoms with Crippen molar-refractivity contribution in [3.05, 3.63) is 18.0 Å². The maximum atomic E-state index is 12.6. The van der Waals surface area contributed by atoms with E-state index >= 15 is 0 Å². The van der Waals surface area contributed by atoms with Crippen molar-refractivity contribution >= 4 is 11.9 Å². The van der Waals surface area contributed by atoms with Gasteiger partial charge < -0.3 is 15.1 Å². The van der Waals surface area contributed by atoms with Gasteiger partial charge >= 0.3 is 0 Å². The number of hydrogen-bond acceptors (Lipinski definition) is 5. The van der Waals surface area contributed by atoms with Crippen LogP contribution >= 0.6 is 0 Å². The number of carbonyl (C=O) groups excluding carboxylic acids is 1. The van der Waals surface area contributed by atoms with Crippen LogP contribution in [0.25, 0.3) is 0 Å². The van der Waals surface area contributed by atoms with E-state index in [1.54, 1.807) is 6.20 Å². The number of likely N-dealkylation sites (tertiary alicyclic amines) is 1. The van der Waals surface area contributed by atoms with Gasteiger partial charge in [0.15, 0.2) is 0 Å². The van der Waals surface area contributed by atoms with E-state index in [1.807, 2.05) is 13.0 Å². The molecule has 6 nitrogen and oxygen atoms in total. The Hall–Kier alpha value is -1.69. The zero-order chi connectivity index (χ0) is 16.2. The smallest absolute Gasteiger partial charge is 0.225 e. The predicted molar refractivity (Wildman–Crippen MR) is 90.4 cm³/mol. The molecule has 2 aliphatic heterocycles. The second-order valence-corrected chi connectivity index (χ2v) is 6.87. The quantitative estimate of drug-likeness (QED) is 0.908. The molecule has 0 aromatic carbocycles. The number of rotatable bonds is 3. The highest BCUT2D eigenvalue weighted by atomic mass is 16.2. The van der Waals surface area contributed by atoms with Gasteiger partial charge in [-0.15, -0.1) is 0 Å². The fourth-order valence-electron chi connectivity index (χ4n) is 3.43. The fourth-order valence-corrected chi connectivity index (χ4v) is 3.43. The third kappa shape index (κ3) is 4.19. The first-order valence-corrected chi connectivity index (χ1v) is 8.65. The summed E-state index contributed by atoms with van der Waals surface area (Å²) in [5.74, 6) is 1.01. The minimum Gasteiger partial charge on any atom is -0.353 e. The van der Waals surface area contributed by atoms with Gasteiger partial charge in [-0.1, -0.05) is 0 Å². The van der Waals surface area contributed by atoms with Crippen LogP contribution in [0.15, 0.2) is 12.3 Å². The van der Waals surface area contributed by atoms with E-state index < -0.39 is 0 Å². The minimum absolute atomic E-state index is 0.0486. The molecule has 0 spiro atoms. The van der Waals surface area contributed by atoms with Crippen molar-refractivity contribution in [3.63, 3.8) is 0 Å². The molecule has 2 aliphatic rings. The van der Waals surface area contributed by atoms with Crippen molar-refractivity contribution in [2.75, 3.05) is 38.1 Å². The maximum Gasteiger partial charge on any atom is 0.225 e. The molecule has 3 heterocycles. The van der Waals surface area contributed by atoms with E-state index in [9.17, 15) is 4.79 Å². The summed E-state index contributed by atoms with van der Waals surface area (Å²) in [6.07, 6.45) is 5.88. The van der Waals surface area contributed by atoms with Gasteiger partial charge in [-0.05, 0) is 58.8 Å². The van der Waals surface area contributed by atoms with Gasteiger partial charge in [0, 0.05) is 31.0 Å². The molecular weight excluding hydrogens is 290 g/mol. The Morgan fingerprint density at radius 2 is 2.04 bits per heavy atom. The van der Waals surface area contributed by atoms with Crippen molar-refractivity contribution in [3.8, 4) is 0 Å². The molecular formula is C17H27N5O. The van der Waals surface area contributed by atoms with Crippen LogP contribution in [0.2, 0.25) is 0 Å². The van der Waals surface area contributed by atoms with Crippen molar-refractivity contribution in [1.82, 2.24) is 20.2 Å². The number of nitrogens with zero attached hydrogens (tertiary/aromatic N) is 4. The lowest BCUT2D eigenvalue weighted by Gasteiger charge is -2.34. The average Bonchev–Trinajstić information content (AvgIpc) is 2.57. The van der Waals surface area contributed by atoms with E-state index in [1.165, 1.54) is 0 Å². The van der Waals surface area contributed by atoms with Crippen LogP contribution in [-0.2, 0) is 4.79 Å². The number of hydrogen-bond donors (Lipinski definition) is 1. The lowest BCUT2D eigenvalue weighted by Crippen LogP contribution is -2.49. The summed E-state index contributed by atoms with van der Waals surface area (Å²) in [7, 11) is 2.14. The van der Waals surface area contributed by atoms with Gasteiger partial charge in [0.2, 0.25) is 11.9 Å². The Kier molecular flexibility index (Phi) is 5.10. The molecule has 23 heavy (non-hydrogen) atoms. The maximum absolute atomic E-state index is 12.6. The Balaban J connectivity index is 1.56. The molecule has 1 aromatic heterocycles. The van der Waals surface area contributed by atoms with Crippen molar-refractivity contribution in [2.45, 2.75) is 38.6 Å². The summed E-state index contributed by atoms with van der Waals surface area (Å²) >= 11 is 0. The molecule has 0 saturated carbocycles. The Labute approximate surface area is 138 Å². The molecule has 6 heteroatoms. The lowest BCUT2D eigenvalue weighted by atomic mass is 9.96. The highest BCUT2D eigenvalue weighted by Gasteiger charge is 2.29. The van der Waals surface area contributed by atoms with E-state index in [2.05, 4.69) is 32.1 Å². The van der Waals surface area contributed by atoms with Crippen LogP contribution in [0.4, 0.5) is 5.95 Å². The van der Waals surface area contributed by atoms with E-state index in [0.29, 0.717) is 6.04 Å². The summed E-state index contributed by atoms with van der Waals surface area (Å²) < 4.78 is 0. The topological polar surface area (TPSA) is 61.4 Å². The molecule has 2 saturated heterocycles. The molecule has 3 rings (SSSR count). The van der Waals surface area contributed by atoms with Gasteiger partial charge in [-0.3, -0.25) is 4.79 Å². The summed E-state index contributed by atoms with van der Waals surface area (Å²) in [5.41, 5.74) is 0.966. The molecule has 1 amide bonds. The van der Waals surface area contributed by atoms with Gasteiger partial charge in [-0.2, -0.15) is 0 Å². The zero-order valence-electron chi connectivity index (χ0n) is 14.2. The fraction of sp³-hybridized carbons (Fsp3) is 0.706. The second kappa shape index (κ2) is 7.25. The molecule has 2 fully saturated rings. The third-order valence-electron chi connectivity index (χ3n) is 4.92. The predicted octanol–water partition coefficient (Wildman–Crippen LogP) is 1.21. The van der Waals surface area contributed by atoms with Gasteiger partial charge in [0.05, 0.1) is 5.92 Å². The van der Waals surface area contributed by atoms with Crippen molar-refractivity contribution in [1.29, 1.82) is 0 Å². The van der Waals surface area contributed by atoms with Crippen LogP contribution < -0.4 is 10.2 Å². The normalized spacial score (nSPS) is 23.7. The molecule has 1 unspecified atom stereocenters. The van der Waals surface area contributed by atoms with Crippen LogP contribution in [0.3, 0.4) is 0 Å². The van der Waals surface area contributed by atoms with Crippen molar-refractivity contribution < 1.29 is 4.79 Å². The minimum atomic E-state index is 0.0486. The summed E-state index contributed by atoms with van der Waals surface area (Å²) in [6, 6.07) is 2.24. The first-order valence-electron chi connectivity index (χ1n) is 8.65. The Bertz CT molecular complexity index is 542. The number of nitrogens with one attached hydrogen (secondary N) is 1. The molecule has 1 N–H and O–H groups in total. The zero-order valence-corrected chi connectivity index (χ0v) is 14.2. The average molecular weight is 317 g/mol. The highest BCUT2D eigenvalue weighted by molar-refractivity contribution is 5.79.